The van der Waals surface area contributed by atoms with E-state index in [1.54, 1.807) is 0 Å². The van der Waals surface area contributed by atoms with Gasteiger partial charge in [0.1, 0.15) is 0 Å². The molecule has 190 valence electrons. The Morgan fingerprint density at radius 1 is 0.457 bits per heavy atom. The molecule has 9 heteroatoms. The molecular weight excluding hydrogens is 441 g/mol. The largest absolute Gasteiger partial charge is 0.494 e. The first-order valence-electron chi connectivity index (χ1n) is 12.7. The predicted octanol–water partition coefficient (Wildman–Crippen LogP) is 5.33. The van der Waals surface area contributed by atoms with Crippen LogP contribution < -0.4 is 0 Å². The number of hydrogen-bond donors (Lipinski definition) is 0. The lowest BCUT2D eigenvalue weighted by molar-refractivity contribution is 0.00578. The van der Waals surface area contributed by atoms with Crippen molar-refractivity contribution in [2.75, 3.05) is 0 Å². The van der Waals surface area contributed by atoms with Gasteiger partial charge in [0.05, 0.1) is 33.6 Å². The van der Waals surface area contributed by atoms with Gasteiger partial charge in [-0.1, -0.05) is 30.3 Å². The normalized spacial score (nSPS) is 27.4. The SMILES string of the molecule is CC1(C)OB(C(B2OC(C)(C)C(C)(C)O2)=C(B2OC(C)(C)C(C)(C)O2)c2ccccc2)OC1(C)C. The molecule has 0 N–H and O–H groups in total. The van der Waals surface area contributed by atoms with Crippen molar-refractivity contribution in [3.05, 3.63) is 41.3 Å². The summed E-state index contributed by atoms with van der Waals surface area (Å²) in [5.41, 5.74) is -1.42. The molecule has 4 rings (SSSR count). The number of hydrogen-bond acceptors (Lipinski definition) is 6. The van der Waals surface area contributed by atoms with E-state index in [2.05, 4.69) is 39.8 Å². The quantitative estimate of drug-likeness (QED) is 0.541. The van der Waals surface area contributed by atoms with Crippen molar-refractivity contribution >= 4 is 26.8 Å². The van der Waals surface area contributed by atoms with Gasteiger partial charge < -0.3 is 27.9 Å². The Morgan fingerprint density at radius 2 is 0.743 bits per heavy atom. The first-order valence-corrected chi connectivity index (χ1v) is 12.7. The highest BCUT2D eigenvalue weighted by molar-refractivity contribution is 6.86. The molecule has 3 heterocycles. The number of rotatable bonds is 4. The molecule has 0 atom stereocenters. The van der Waals surface area contributed by atoms with E-state index >= 15 is 0 Å². The molecule has 0 unspecified atom stereocenters. The van der Waals surface area contributed by atoms with Gasteiger partial charge in [0.25, 0.3) is 0 Å². The van der Waals surface area contributed by atoms with Crippen LogP contribution >= 0.6 is 0 Å². The van der Waals surface area contributed by atoms with Gasteiger partial charge in [-0.3, -0.25) is 0 Å². The summed E-state index contributed by atoms with van der Waals surface area (Å²) in [7, 11) is -2.07. The van der Waals surface area contributed by atoms with E-state index in [0.29, 0.717) is 0 Å². The summed E-state index contributed by atoms with van der Waals surface area (Å²) < 4.78 is 39.5. The smallest absolute Gasteiger partial charge is 0.400 e. The molecule has 0 spiro atoms. The lowest BCUT2D eigenvalue weighted by Gasteiger charge is -2.32. The van der Waals surface area contributed by atoms with Crippen LogP contribution in [0, 0.1) is 0 Å². The topological polar surface area (TPSA) is 55.4 Å². The van der Waals surface area contributed by atoms with E-state index in [1.165, 1.54) is 0 Å². The Bertz CT molecular complexity index is 914. The Kier molecular flexibility index (Phi) is 6.32. The van der Waals surface area contributed by atoms with Gasteiger partial charge in [0.2, 0.25) is 0 Å². The third-order valence-electron chi connectivity index (χ3n) is 8.90. The molecular formula is C26H41B3O6. The lowest BCUT2D eigenvalue weighted by atomic mass is 9.49. The molecule has 3 fully saturated rings. The van der Waals surface area contributed by atoms with Gasteiger partial charge in [-0.25, -0.2) is 0 Å². The van der Waals surface area contributed by atoms with Gasteiger partial charge >= 0.3 is 21.4 Å². The molecule has 1 aromatic rings. The molecule has 0 aromatic heterocycles. The fourth-order valence-corrected chi connectivity index (χ4v) is 4.32. The molecule has 0 bridgehead atoms. The molecule has 35 heavy (non-hydrogen) atoms. The Morgan fingerprint density at radius 3 is 1.06 bits per heavy atom. The second-order valence-electron chi connectivity index (χ2n) is 13.0. The van der Waals surface area contributed by atoms with Crippen LogP contribution in [0.15, 0.2) is 35.7 Å². The molecule has 0 saturated carbocycles. The van der Waals surface area contributed by atoms with E-state index in [9.17, 15) is 0 Å². The minimum atomic E-state index is -0.705. The van der Waals surface area contributed by atoms with Gasteiger partial charge in [-0.05, 0) is 99.5 Å². The molecule has 3 aliphatic rings. The molecule has 0 aliphatic carbocycles. The van der Waals surface area contributed by atoms with Crippen LogP contribution in [0.25, 0.3) is 5.47 Å². The molecule has 6 nitrogen and oxygen atoms in total. The van der Waals surface area contributed by atoms with Crippen LogP contribution in [-0.2, 0) is 27.9 Å². The highest BCUT2D eigenvalue weighted by Gasteiger charge is 2.62. The molecule has 0 radical (unpaired) electrons. The van der Waals surface area contributed by atoms with Gasteiger partial charge in [0.15, 0.2) is 0 Å². The standard InChI is InChI=1S/C26H41B3O6/c1-21(2)22(3,4)31-27(30-21)19(18-16-14-13-15-17-18)20(28-32-23(5,6)24(7,8)33-28)29-34-25(9,10)26(11,12)35-29/h13-17H,1-12H3. The average molecular weight is 482 g/mol. The van der Waals surface area contributed by atoms with Crippen molar-refractivity contribution in [1.29, 1.82) is 0 Å². The van der Waals surface area contributed by atoms with Crippen molar-refractivity contribution in [2.24, 2.45) is 0 Å². The Balaban J connectivity index is 1.94. The lowest BCUT2D eigenvalue weighted by Crippen LogP contribution is -2.41. The molecule has 0 amide bonds. The van der Waals surface area contributed by atoms with E-state index in [4.69, 9.17) is 27.9 Å². The van der Waals surface area contributed by atoms with Crippen LogP contribution in [0.5, 0.6) is 0 Å². The molecule has 1 aromatic carbocycles. The van der Waals surface area contributed by atoms with Crippen molar-refractivity contribution in [3.63, 3.8) is 0 Å². The van der Waals surface area contributed by atoms with Crippen LogP contribution in [0.1, 0.15) is 88.6 Å². The summed E-state index contributed by atoms with van der Waals surface area (Å²) in [5, 5.41) is 0.743. The molecule has 3 saturated heterocycles. The van der Waals surface area contributed by atoms with E-state index < -0.39 is 55.0 Å². The third-order valence-corrected chi connectivity index (χ3v) is 8.90. The van der Waals surface area contributed by atoms with Crippen molar-refractivity contribution in [2.45, 2.75) is 117 Å². The fraction of sp³-hybridized carbons (Fsp3) is 0.692. The predicted molar refractivity (Wildman–Crippen MR) is 142 cm³/mol. The zero-order chi connectivity index (χ0) is 26.2. The highest BCUT2D eigenvalue weighted by atomic mass is 16.7. The maximum absolute atomic E-state index is 6.59. The second kappa shape index (κ2) is 8.21. The van der Waals surface area contributed by atoms with Crippen LogP contribution in [-0.4, -0.2) is 55.0 Å². The van der Waals surface area contributed by atoms with E-state index in [1.807, 2.05) is 73.6 Å². The summed E-state index contributed by atoms with van der Waals surface area (Å²) >= 11 is 0. The van der Waals surface area contributed by atoms with Crippen LogP contribution in [0.2, 0.25) is 0 Å². The zero-order valence-electron chi connectivity index (χ0n) is 23.6. The summed E-state index contributed by atoms with van der Waals surface area (Å²) in [6.45, 7) is 24.6. The monoisotopic (exact) mass is 482 g/mol. The second-order valence-corrected chi connectivity index (χ2v) is 13.0. The zero-order valence-corrected chi connectivity index (χ0v) is 23.6. The van der Waals surface area contributed by atoms with Crippen LogP contribution in [0.4, 0.5) is 0 Å². The maximum atomic E-state index is 6.59. The maximum Gasteiger partial charge on any atom is 0.494 e. The summed E-state index contributed by atoms with van der Waals surface area (Å²) in [6.07, 6.45) is 0. The number of benzene rings is 1. The summed E-state index contributed by atoms with van der Waals surface area (Å²) in [4.78, 5) is 0. The minimum Gasteiger partial charge on any atom is -0.400 e. The van der Waals surface area contributed by atoms with Gasteiger partial charge in [-0.2, -0.15) is 0 Å². The first kappa shape index (κ1) is 27.0. The van der Waals surface area contributed by atoms with Crippen LogP contribution in [0.3, 0.4) is 0 Å². The fourth-order valence-electron chi connectivity index (χ4n) is 4.32. The van der Waals surface area contributed by atoms with Crippen molar-refractivity contribution < 1.29 is 27.9 Å². The average Bonchev–Trinajstić information content (AvgIpc) is 3.14. The Hall–Kier alpha value is -1.09. The van der Waals surface area contributed by atoms with Crippen molar-refractivity contribution in [3.8, 4) is 0 Å². The summed E-state index contributed by atoms with van der Waals surface area (Å²) in [6, 6.07) is 10.1. The first-order chi connectivity index (χ1) is 15.8. The van der Waals surface area contributed by atoms with Gasteiger partial charge in [-0.15, -0.1) is 0 Å². The summed E-state index contributed by atoms with van der Waals surface area (Å²) in [5.74, 6) is 0. The van der Waals surface area contributed by atoms with E-state index in [-0.39, 0.29) is 0 Å². The van der Waals surface area contributed by atoms with Gasteiger partial charge in [0, 0.05) is 0 Å². The Labute approximate surface area is 212 Å². The van der Waals surface area contributed by atoms with E-state index in [0.717, 1.165) is 16.4 Å². The third kappa shape index (κ3) is 4.47. The highest BCUT2D eigenvalue weighted by Crippen LogP contribution is 2.47. The molecule has 3 aliphatic heterocycles. The minimum absolute atomic E-state index is 0.519. The van der Waals surface area contributed by atoms with Crippen molar-refractivity contribution in [1.82, 2.24) is 0 Å².